The Kier molecular flexibility index (Phi) is 3.89. The van der Waals surface area contributed by atoms with E-state index in [1.165, 1.54) is 12.8 Å². The predicted octanol–water partition coefficient (Wildman–Crippen LogP) is 1.06. The Balaban J connectivity index is 2.08. The maximum absolute atomic E-state index is 10.9. The highest BCUT2D eigenvalue weighted by Crippen LogP contribution is 2.33. The highest BCUT2D eigenvalue weighted by Gasteiger charge is 2.26. The molecular weight excluding hydrogens is 218 g/mol. The second-order valence-electron chi connectivity index (χ2n) is 4.99. The maximum Gasteiger partial charge on any atom is 0.172 e. The van der Waals surface area contributed by atoms with Gasteiger partial charge in [-0.05, 0) is 37.5 Å². The van der Waals surface area contributed by atoms with Gasteiger partial charge < -0.3 is 5.11 Å². The lowest BCUT2D eigenvalue weighted by Crippen LogP contribution is -2.14. The Bertz CT molecular complexity index is 385. The van der Waals surface area contributed by atoms with Gasteiger partial charge >= 0.3 is 0 Å². The molecule has 1 fully saturated rings. The van der Waals surface area contributed by atoms with Crippen molar-refractivity contribution in [1.82, 2.24) is 15.0 Å². The van der Waals surface area contributed by atoms with Gasteiger partial charge in [0.15, 0.2) is 6.29 Å². The van der Waals surface area contributed by atoms with Gasteiger partial charge in [0.05, 0.1) is 5.69 Å². The van der Waals surface area contributed by atoms with Gasteiger partial charge in [-0.1, -0.05) is 12.1 Å². The molecule has 1 saturated carbocycles. The molecule has 0 bridgehead atoms. The molecule has 1 aliphatic carbocycles. The number of carbonyl (C=O) groups is 1. The summed E-state index contributed by atoms with van der Waals surface area (Å²) in [5, 5.41) is 16.8. The molecule has 5 heteroatoms. The topological polar surface area (TPSA) is 68.0 Å². The molecule has 0 aromatic carbocycles. The number of aliphatic hydroxyl groups is 1. The molecule has 0 spiro atoms. The van der Waals surface area contributed by atoms with Crippen LogP contribution in [0.15, 0.2) is 0 Å². The summed E-state index contributed by atoms with van der Waals surface area (Å²) >= 11 is 0. The second-order valence-corrected chi connectivity index (χ2v) is 4.99. The summed E-state index contributed by atoms with van der Waals surface area (Å²) in [4.78, 5) is 10.9. The molecule has 1 aliphatic rings. The third kappa shape index (κ3) is 3.12. The molecule has 2 rings (SSSR count). The molecule has 0 aliphatic heterocycles. The van der Waals surface area contributed by atoms with Crippen LogP contribution in [-0.2, 0) is 13.0 Å². The Labute approximate surface area is 101 Å². The quantitative estimate of drug-likeness (QED) is 0.720. The maximum atomic E-state index is 10.9. The Hall–Kier alpha value is -1.23. The average Bonchev–Trinajstić information content (AvgIpc) is 3.03. The summed E-state index contributed by atoms with van der Waals surface area (Å²) in [7, 11) is 0. The van der Waals surface area contributed by atoms with Crippen molar-refractivity contribution in [2.45, 2.75) is 39.2 Å². The molecule has 1 heterocycles. The van der Waals surface area contributed by atoms with Crippen molar-refractivity contribution >= 4 is 6.29 Å². The van der Waals surface area contributed by atoms with E-state index in [0.717, 1.165) is 31.4 Å². The van der Waals surface area contributed by atoms with Crippen LogP contribution in [0, 0.1) is 11.8 Å². The Morgan fingerprint density at radius 3 is 2.94 bits per heavy atom. The van der Waals surface area contributed by atoms with Crippen LogP contribution in [-0.4, -0.2) is 33.0 Å². The molecule has 1 aromatic heterocycles. The van der Waals surface area contributed by atoms with E-state index in [0.29, 0.717) is 17.5 Å². The van der Waals surface area contributed by atoms with Crippen LogP contribution in [0.2, 0.25) is 0 Å². The molecule has 17 heavy (non-hydrogen) atoms. The first kappa shape index (κ1) is 12.2. The first-order valence-corrected chi connectivity index (χ1v) is 6.23. The monoisotopic (exact) mass is 237 g/mol. The predicted molar refractivity (Wildman–Crippen MR) is 62.7 cm³/mol. The van der Waals surface area contributed by atoms with Gasteiger partial charge in [0.1, 0.15) is 5.69 Å². The van der Waals surface area contributed by atoms with Crippen molar-refractivity contribution < 1.29 is 9.90 Å². The highest BCUT2D eigenvalue weighted by molar-refractivity contribution is 5.73. The number of aromatic nitrogens is 3. The van der Waals surface area contributed by atoms with Crippen molar-refractivity contribution in [2.24, 2.45) is 11.8 Å². The van der Waals surface area contributed by atoms with Gasteiger partial charge in [-0.3, -0.25) is 4.79 Å². The number of aliphatic hydroxyl groups excluding tert-OH is 1. The van der Waals surface area contributed by atoms with Crippen molar-refractivity contribution in [1.29, 1.82) is 0 Å². The van der Waals surface area contributed by atoms with E-state index in [-0.39, 0.29) is 6.61 Å². The lowest BCUT2D eigenvalue weighted by molar-refractivity contribution is 0.111. The van der Waals surface area contributed by atoms with Crippen LogP contribution in [0.3, 0.4) is 0 Å². The van der Waals surface area contributed by atoms with E-state index in [4.69, 9.17) is 5.11 Å². The first-order chi connectivity index (χ1) is 8.24. The minimum absolute atomic E-state index is 0.189. The van der Waals surface area contributed by atoms with E-state index in [9.17, 15) is 4.79 Å². The van der Waals surface area contributed by atoms with Gasteiger partial charge in [-0.15, -0.1) is 5.10 Å². The largest absolute Gasteiger partial charge is 0.396 e. The van der Waals surface area contributed by atoms with E-state index < -0.39 is 0 Å². The zero-order chi connectivity index (χ0) is 12.3. The molecule has 1 N–H and O–H groups in total. The molecule has 1 atom stereocenters. The molecule has 94 valence electrons. The zero-order valence-electron chi connectivity index (χ0n) is 10.2. The van der Waals surface area contributed by atoms with E-state index in [1.54, 1.807) is 0 Å². The molecule has 1 unspecified atom stereocenters. The Morgan fingerprint density at radius 2 is 2.35 bits per heavy atom. The van der Waals surface area contributed by atoms with Gasteiger partial charge in [-0.2, -0.15) is 0 Å². The Morgan fingerprint density at radius 1 is 1.59 bits per heavy atom. The lowest BCUT2D eigenvalue weighted by atomic mass is 10.1. The van der Waals surface area contributed by atoms with Crippen LogP contribution in [0.4, 0.5) is 0 Å². The molecule has 5 nitrogen and oxygen atoms in total. The minimum Gasteiger partial charge on any atom is -0.396 e. The summed E-state index contributed by atoms with van der Waals surface area (Å²) in [5.41, 5.74) is 1.44. The van der Waals surface area contributed by atoms with Crippen LogP contribution >= 0.6 is 0 Å². The van der Waals surface area contributed by atoms with Crippen LogP contribution in [0.1, 0.15) is 42.4 Å². The number of nitrogens with zero attached hydrogens (tertiary/aromatic N) is 3. The summed E-state index contributed by atoms with van der Waals surface area (Å²) in [6.07, 6.45) is 4.94. The zero-order valence-corrected chi connectivity index (χ0v) is 10.2. The third-order valence-electron chi connectivity index (χ3n) is 3.26. The smallest absolute Gasteiger partial charge is 0.172 e. The summed E-state index contributed by atoms with van der Waals surface area (Å²) in [6, 6.07) is 0. The number of hydrogen-bond acceptors (Lipinski definition) is 4. The van der Waals surface area contributed by atoms with Gasteiger partial charge in [0.2, 0.25) is 0 Å². The van der Waals surface area contributed by atoms with Crippen LogP contribution in [0.25, 0.3) is 0 Å². The highest BCUT2D eigenvalue weighted by atomic mass is 16.3. The summed E-state index contributed by atoms with van der Waals surface area (Å²) in [6.45, 7) is 2.98. The van der Waals surface area contributed by atoms with Gasteiger partial charge in [-0.25, -0.2) is 4.68 Å². The molecule has 0 amide bonds. The minimum atomic E-state index is 0.189. The average molecular weight is 237 g/mol. The van der Waals surface area contributed by atoms with Gasteiger partial charge in [0.25, 0.3) is 0 Å². The number of rotatable bonds is 7. The van der Waals surface area contributed by atoms with E-state index >= 15 is 0 Å². The summed E-state index contributed by atoms with van der Waals surface area (Å²) in [5.74, 6) is 1.05. The SMILES string of the molecule is CC(CCO)Cn1nnc(C=O)c1CC1CC1. The molecule has 0 radical (unpaired) electrons. The molecular formula is C12H19N3O2. The number of hydrogen-bond donors (Lipinski definition) is 1. The fourth-order valence-corrected chi connectivity index (χ4v) is 2.00. The summed E-state index contributed by atoms with van der Waals surface area (Å²) < 4.78 is 1.84. The third-order valence-corrected chi connectivity index (χ3v) is 3.26. The second kappa shape index (κ2) is 5.40. The van der Waals surface area contributed by atoms with Crippen LogP contribution < -0.4 is 0 Å². The van der Waals surface area contributed by atoms with Crippen LogP contribution in [0.5, 0.6) is 0 Å². The fourth-order valence-electron chi connectivity index (χ4n) is 2.00. The molecule has 0 saturated heterocycles. The molecule has 1 aromatic rings. The standard InChI is InChI=1S/C12H19N3O2/c1-9(4-5-16)7-15-12(6-10-2-3-10)11(8-17)13-14-15/h8-10,16H,2-7H2,1H3. The van der Waals surface area contributed by atoms with Crippen molar-refractivity contribution in [3.63, 3.8) is 0 Å². The van der Waals surface area contributed by atoms with Crippen molar-refractivity contribution in [3.05, 3.63) is 11.4 Å². The van der Waals surface area contributed by atoms with Crippen molar-refractivity contribution in [2.75, 3.05) is 6.61 Å². The van der Waals surface area contributed by atoms with E-state index in [1.807, 2.05) is 4.68 Å². The fraction of sp³-hybridized carbons (Fsp3) is 0.750. The normalized spacial score (nSPS) is 17.1. The van der Waals surface area contributed by atoms with Gasteiger partial charge in [0, 0.05) is 13.2 Å². The van der Waals surface area contributed by atoms with E-state index in [2.05, 4.69) is 17.2 Å². The number of carbonyl (C=O) groups excluding carboxylic acids is 1. The number of aldehydes is 1. The lowest BCUT2D eigenvalue weighted by Gasteiger charge is -2.11. The first-order valence-electron chi connectivity index (χ1n) is 6.23. The van der Waals surface area contributed by atoms with Crippen molar-refractivity contribution in [3.8, 4) is 0 Å².